The van der Waals surface area contributed by atoms with Crippen LogP contribution in [0.2, 0.25) is 0 Å². The monoisotopic (exact) mass is 271 g/mol. The van der Waals surface area contributed by atoms with Crippen molar-refractivity contribution in [3.63, 3.8) is 0 Å². The Bertz CT molecular complexity index is 573. The second-order valence-electron chi connectivity index (χ2n) is 5.87. The van der Waals surface area contributed by atoms with Crippen LogP contribution in [0.3, 0.4) is 0 Å². The molecule has 1 aromatic carbocycles. The van der Waals surface area contributed by atoms with Crippen molar-refractivity contribution >= 4 is 16.8 Å². The summed E-state index contributed by atoms with van der Waals surface area (Å²) in [5.74, 6) is 0.568. The maximum Gasteiger partial charge on any atom is 0.211 e. The van der Waals surface area contributed by atoms with Crippen LogP contribution in [0.4, 0.5) is 0 Å². The van der Waals surface area contributed by atoms with E-state index < -0.39 is 0 Å². The summed E-state index contributed by atoms with van der Waals surface area (Å²) in [6, 6.07) is 10.6. The van der Waals surface area contributed by atoms with E-state index in [9.17, 15) is 4.79 Å². The van der Waals surface area contributed by atoms with Crippen LogP contribution in [0.5, 0.6) is 0 Å². The normalized spacial score (nSPS) is 24.1. The van der Waals surface area contributed by atoms with Crippen molar-refractivity contribution in [2.24, 2.45) is 0 Å². The van der Waals surface area contributed by atoms with E-state index in [2.05, 4.69) is 18.7 Å². The number of benzene rings is 1. The molecule has 3 rings (SSSR count). The fourth-order valence-electron chi connectivity index (χ4n) is 3.15. The molecule has 0 aliphatic carbocycles. The molecule has 1 fully saturated rings. The second kappa shape index (κ2) is 5.41. The van der Waals surface area contributed by atoms with Crippen LogP contribution in [0.1, 0.15) is 43.7 Å². The zero-order chi connectivity index (χ0) is 14.1. The summed E-state index contributed by atoms with van der Waals surface area (Å²) in [4.78, 5) is 14.7. The summed E-state index contributed by atoms with van der Waals surface area (Å²) in [6.45, 7) is 4.88. The number of nitrogens with zero attached hydrogens (tertiary/aromatic N) is 1. The van der Waals surface area contributed by atoms with E-state index in [4.69, 9.17) is 4.42 Å². The number of Topliss-reactive ketones (excluding diaryl/α,β-unsaturated/α-hetero) is 1. The minimum atomic E-state index is 0.0850. The lowest BCUT2D eigenvalue weighted by molar-refractivity contribution is 0.0713. The molecular formula is C17H21NO2. The van der Waals surface area contributed by atoms with Gasteiger partial charge in [-0.25, -0.2) is 0 Å². The van der Waals surface area contributed by atoms with Gasteiger partial charge in [0.25, 0.3) is 0 Å². The van der Waals surface area contributed by atoms with E-state index in [-0.39, 0.29) is 5.78 Å². The molecule has 0 bridgehead atoms. The van der Waals surface area contributed by atoms with Gasteiger partial charge in [-0.1, -0.05) is 24.6 Å². The van der Waals surface area contributed by atoms with E-state index >= 15 is 0 Å². The molecular weight excluding hydrogens is 250 g/mol. The van der Waals surface area contributed by atoms with Crippen LogP contribution >= 0.6 is 0 Å². The van der Waals surface area contributed by atoms with Crippen LogP contribution < -0.4 is 0 Å². The zero-order valence-corrected chi connectivity index (χ0v) is 12.1. The Balaban J connectivity index is 1.78. The van der Waals surface area contributed by atoms with Crippen molar-refractivity contribution in [1.82, 2.24) is 4.90 Å². The Kier molecular flexibility index (Phi) is 3.62. The Hall–Kier alpha value is -1.61. The molecule has 0 radical (unpaired) electrons. The SMILES string of the molecule is CC1CCCC(C)N1CC(=O)c1cc2ccccc2o1. The minimum Gasteiger partial charge on any atom is -0.453 e. The first-order valence-corrected chi connectivity index (χ1v) is 7.42. The van der Waals surface area contributed by atoms with E-state index in [1.54, 1.807) is 0 Å². The first kappa shape index (κ1) is 13.4. The standard InChI is InChI=1S/C17H21NO2/c1-12-6-5-7-13(2)18(12)11-15(19)17-10-14-8-3-4-9-16(14)20-17/h3-4,8-10,12-13H,5-7,11H2,1-2H3. The van der Waals surface area contributed by atoms with E-state index in [1.807, 2.05) is 30.3 Å². The van der Waals surface area contributed by atoms with Gasteiger partial charge < -0.3 is 4.42 Å². The fourth-order valence-corrected chi connectivity index (χ4v) is 3.15. The number of carbonyl (C=O) groups excluding carboxylic acids is 1. The molecule has 0 saturated carbocycles. The highest BCUT2D eigenvalue weighted by molar-refractivity contribution is 5.98. The van der Waals surface area contributed by atoms with Gasteiger partial charge in [-0.3, -0.25) is 9.69 Å². The lowest BCUT2D eigenvalue weighted by Crippen LogP contribution is -2.46. The summed E-state index contributed by atoms with van der Waals surface area (Å²) in [6.07, 6.45) is 3.62. The number of hydrogen-bond acceptors (Lipinski definition) is 3. The second-order valence-corrected chi connectivity index (χ2v) is 5.87. The number of likely N-dealkylation sites (tertiary alicyclic amines) is 1. The van der Waals surface area contributed by atoms with Gasteiger partial charge in [0.15, 0.2) is 5.76 Å². The molecule has 1 aromatic heterocycles. The molecule has 2 atom stereocenters. The number of para-hydroxylation sites is 1. The zero-order valence-electron chi connectivity index (χ0n) is 12.1. The average Bonchev–Trinajstić information content (AvgIpc) is 2.87. The number of carbonyl (C=O) groups is 1. The molecule has 1 aliphatic rings. The Labute approximate surface area is 119 Å². The topological polar surface area (TPSA) is 33.5 Å². The number of furan rings is 1. The molecule has 2 unspecified atom stereocenters. The van der Waals surface area contributed by atoms with Gasteiger partial charge in [-0.05, 0) is 38.8 Å². The van der Waals surface area contributed by atoms with Crippen LogP contribution in [-0.2, 0) is 0 Å². The molecule has 2 heterocycles. The minimum absolute atomic E-state index is 0.0850. The fraction of sp³-hybridized carbons (Fsp3) is 0.471. The Morgan fingerprint density at radius 3 is 2.65 bits per heavy atom. The van der Waals surface area contributed by atoms with Crippen LogP contribution in [-0.4, -0.2) is 29.3 Å². The van der Waals surface area contributed by atoms with Gasteiger partial charge in [0.2, 0.25) is 5.78 Å². The smallest absolute Gasteiger partial charge is 0.211 e. The molecule has 2 aromatic rings. The third-order valence-electron chi connectivity index (χ3n) is 4.40. The lowest BCUT2D eigenvalue weighted by atomic mass is 9.97. The van der Waals surface area contributed by atoms with Gasteiger partial charge >= 0.3 is 0 Å². The molecule has 0 N–H and O–H groups in total. The summed E-state index contributed by atoms with van der Waals surface area (Å²) in [7, 11) is 0. The van der Waals surface area contributed by atoms with Crippen molar-refractivity contribution < 1.29 is 9.21 Å². The van der Waals surface area contributed by atoms with Gasteiger partial charge in [-0.2, -0.15) is 0 Å². The number of fused-ring (bicyclic) bond motifs is 1. The van der Waals surface area contributed by atoms with Crippen LogP contribution in [0, 0.1) is 0 Å². The predicted octanol–water partition coefficient (Wildman–Crippen LogP) is 3.88. The maximum absolute atomic E-state index is 12.4. The molecule has 0 amide bonds. The van der Waals surface area contributed by atoms with E-state index in [0.29, 0.717) is 24.4 Å². The highest BCUT2D eigenvalue weighted by Crippen LogP contribution is 2.24. The van der Waals surface area contributed by atoms with Gasteiger partial charge in [-0.15, -0.1) is 0 Å². The first-order chi connectivity index (χ1) is 9.65. The number of piperidine rings is 1. The quantitative estimate of drug-likeness (QED) is 0.794. The van der Waals surface area contributed by atoms with Crippen molar-refractivity contribution in [2.75, 3.05) is 6.54 Å². The number of ketones is 1. The Morgan fingerprint density at radius 2 is 1.95 bits per heavy atom. The molecule has 1 aliphatic heterocycles. The van der Waals surface area contributed by atoms with Crippen molar-refractivity contribution in [1.29, 1.82) is 0 Å². The third kappa shape index (κ3) is 2.50. The summed E-state index contributed by atoms with van der Waals surface area (Å²) >= 11 is 0. The van der Waals surface area contributed by atoms with E-state index in [1.165, 1.54) is 19.3 Å². The number of hydrogen-bond donors (Lipinski definition) is 0. The lowest BCUT2D eigenvalue weighted by Gasteiger charge is -2.38. The van der Waals surface area contributed by atoms with Crippen LogP contribution in [0.25, 0.3) is 11.0 Å². The molecule has 106 valence electrons. The maximum atomic E-state index is 12.4. The van der Waals surface area contributed by atoms with Crippen molar-refractivity contribution in [2.45, 2.75) is 45.2 Å². The molecule has 3 heteroatoms. The third-order valence-corrected chi connectivity index (χ3v) is 4.40. The highest BCUT2D eigenvalue weighted by Gasteiger charge is 2.27. The van der Waals surface area contributed by atoms with Gasteiger partial charge in [0.05, 0.1) is 6.54 Å². The Morgan fingerprint density at radius 1 is 1.25 bits per heavy atom. The molecule has 20 heavy (non-hydrogen) atoms. The van der Waals surface area contributed by atoms with Crippen molar-refractivity contribution in [3.8, 4) is 0 Å². The molecule has 0 spiro atoms. The predicted molar refractivity (Wildman–Crippen MR) is 80.0 cm³/mol. The molecule has 1 saturated heterocycles. The summed E-state index contributed by atoms with van der Waals surface area (Å²) < 4.78 is 5.67. The highest BCUT2D eigenvalue weighted by atomic mass is 16.3. The average molecular weight is 271 g/mol. The van der Waals surface area contributed by atoms with E-state index in [0.717, 1.165) is 11.0 Å². The summed E-state index contributed by atoms with van der Waals surface area (Å²) in [5.41, 5.74) is 0.788. The molecule has 3 nitrogen and oxygen atoms in total. The van der Waals surface area contributed by atoms with Crippen molar-refractivity contribution in [3.05, 3.63) is 36.1 Å². The summed E-state index contributed by atoms with van der Waals surface area (Å²) in [5, 5.41) is 0.996. The van der Waals surface area contributed by atoms with Gasteiger partial charge in [0.1, 0.15) is 5.58 Å². The first-order valence-electron chi connectivity index (χ1n) is 7.42. The largest absolute Gasteiger partial charge is 0.453 e. The van der Waals surface area contributed by atoms with Crippen LogP contribution in [0.15, 0.2) is 34.7 Å². The number of rotatable bonds is 3. The van der Waals surface area contributed by atoms with Gasteiger partial charge in [0, 0.05) is 17.5 Å².